The van der Waals surface area contributed by atoms with Gasteiger partial charge in [-0.2, -0.15) is 0 Å². The topological polar surface area (TPSA) is 73.1 Å². The van der Waals surface area contributed by atoms with Crippen molar-refractivity contribution in [1.82, 2.24) is 15.3 Å². The lowest BCUT2D eigenvalue weighted by atomic mass is 10.0. The Morgan fingerprint density at radius 2 is 2.07 bits per heavy atom. The lowest BCUT2D eigenvalue weighted by Crippen LogP contribution is -2.30. The number of amides is 2. The van der Waals surface area contributed by atoms with Gasteiger partial charge in [-0.15, -0.1) is 0 Å². The molecule has 3 aromatic rings. The maximum absolute atomic E-state index is 13.0. The molecule has 0 atom stereocenters. The Kier molecular flexibility index (Phi) is 5.23. The van der Waals surface area contributed by atoms with Gasteiger partial charge >= 0.3 is 6.03 Å². The van der Waals surface area contributed by atoms with Crippen molar-refractivity contribution in [2.24, 2.45) is 0 Å². The summed E-state index contributed by atoms with van der Waals surface area (Å²) in [5, 5.41) is 5.68. The van der Waals surface area contributed by atoms with Gasteiger partial charge in [-0.3, -0.25) is 0 Å². The first-order valence-electron chi connectivity index (χ1n) is 9.32. The van der Waals surface area contributed by atoms with Gasteiger partial charge in [0.25, 0.3) is 0 Å². The molecule has 2 aromatic carbocycles. The van der Waals surface area contributed by atoms with Crippen LogP contribution in [0.15, 0.2) is 55.0 Å². The number of urea groups is 1. The number of aromatic amines is 1. The second-order valence-corrected chi connectivity index (χ2v) is 6.88. The van der Waals surface area contributed by atoms with Gasteiger partial charge in [0.1, 0.15) is 5.82 Å². The van der Waals surface area contributed by atoms with E-state index in [1.807, 2.05) is 18.3 Å². The van der Waals surface area contributed by atoms with E-state index in [-0.39, 0.29) is 11.8 Å². The Labute approximate surface area is 162 Å². The summed E-state index contributed by atoms with van der Waals surface area (Å²) < 4.78 is 13.0. The standard InChI is InChI=1S/C21H22FN5O/c22-17-6-3-15(4-7-17)11-24-21(28)26-18-8-5-16-2-1-9-27(20(16)10-18)13-19-12-23-14-25-19/h3-8,10,12,14H,1-2,9,11,13H2,(H,23,25)(H2,24,26,28). The van der Waals surface area contributed by atoms with Crippen LogP contribution in [0, 0.1) is 5.82 Å². The van der Waals surface area contributed by atoms with Crippen LogP contribution in [0.1, 0.15) is 23.2 Å². The first-order chi connectivity index (χ1) is 13.7. The highest BCUT2D eigenvalue weighted by molar-refractivity contribution is 5.90. The van der Waals surface area contributed by atoms with Gasteiger partial charge in [-0.1, -0.05) is 18.2 Å². The van der Waals surface area contributed by atoms with Crippen LogP contribution in [-0.4, -0.2) is 22.5 Å². The Morgan fingerprint density at radius 1 is 1.21 bits per heavy atom. The van der Waals surface area contributed by atoms with Gasteiger partial charge in [0.05, 0.1) is 18.6 Å². The summed E-state index contributed by atoms with van der Waals surface area (Å²) in [4.78, 5) is 21.8. The minimum absolute atomic E-state index is 0.290. The molecule has 144 valence electrons. The molecule has 7 heteroatoms. The highest BCUT2D eigenvalue weighted by Gasteiger charge is 2.18. The molecule has 3 N–H and O–H groups in total. The van der Waals surface area contributed by atoms with Gasteiger partial charge in [-0.05, 0) is 48.2 Å². The molecule has 0 unspecified atom stereocenters. The Morgan fingerprint density at radius 3 is 2.86 bits per heavy atom. The van der Waals surface area contributed by atoms with Crippen LogP contribution in [0.5, 0.6) is 0 Å². The van der Waals surface area contributed by atoms with Gasteiger partial charge in [-0.25, -0.2) is 14.2 Å². The summed E-state index contributed by atoms with van der Waals surface area (Å²) in [7, 11) is 0. The number of halogens is 1. The van der Waals surface area contributed by atoms with E-state index in [1.165, 1.54) is 17.7 Å². The van der Waals surface area contributed by atoms with Crippen molar-refractivity contribution in [3.8, 4) is 0 Å². The third-order valence-corrected chi connectivity index (χ3v) is 4.84. The zero-order chi connectivity index (χ0) is 19.3. The van der Waals surface area contributed by atoms with Crippen LogP contribution < -0.4 is 15.5 Å². The molecule has 2 amide bonds. The van der Waals surface area contributed by atoms with Crippen LogP contribution in [0.25, 0.3) is 0 Å². The summed E-state index contributed by atoms with van der Waals surface area (Å²) in [6, 6.07) is 11.8. The molecule has 1 aliphatic rings. The van der Waals surface area contributed by atoms with Gasteiger partial charge in [0, 0.05) is 30.7 Å². The van der Waals surface area contributed by atoms with Crippen molar-refractivity contribution in [2.75, 3.05) is 16.8 Å². The molecule has 0 aliphatic carbocycles. The molecule has 6 nitrogen and oxygen atoms in total. The molecule has 4 rings (SSSR count). The van der Waals surface area contributed by atoms with Crippen molar-refractivity contribution in [1.29, 1.82) is 0 Å². The number of nitrogens with zero attached hydrogens (tertiary/aromatic N) is 2. The third-order valence-electron chi connectivity index (χ3n) is 4.84. The van der Waals surface area contributed by atoms with Crippen LogP contribution >= 0.6 is 0 Å². The number of rotatable bonds is 5. The number of fused-ring (bicyclic) bond motifs is 1. The van der Waals surface area contributed by atoms with E-state index in [1.54, 1.807) is 18.5 Å². The average molecular weight is 379 g/mol. The van der Waals surface area contributed by atoms with Crippen LogP contribution in [-0.2, 0) is 19.5 Å². The highest BCUT2D eigenvalue weighted by atomic mass is 19.1. The SMILES string of the molecule is O=C(NCc1ccc(F)cc1)Nc1ccc2c(c1)N(Cc1cnc[nH]1)CCC2. The fourth-order valence-corrected chi connectivity index (χ4v) is 3.43. The van der Waals surface area contributed by atoms with Crippen molar-refractivity contribution in [2.45, 2.75) is 25.9 Å². The zero-order valence-corrected chi connectivity index (χ0v) is 15.4. The van der Waals surface area contributed by atoms with E-state index in [4.69, 9.17) is 0 Å². The first-order valence-corrected chi connectivity index (χ1v) is 9.32. The number of nitrogens with one attached hydrogen (secondary N) is 3. The molecule has 0 bridgehead atoms. The van der Waals surface area contributed by atoms with E-state index in [0.29, 0.717) is 6.54 Å². The number of carbonyl (C=O) groups excluding carboxylic acids is 1. The van der Waals surface area contributed by atoms with E-state index < -0.39 is 0 Å². The number of hydrogen-bond donors (Lipinski definition) is 3. The van der Waals surface area contributed by atoms with Crippen molar-refractivity contribution < 1.29 is 9.18 Å². The molecule has 28 heavy (non-hydrogen) atoms. The van der Waals surface area contributed by atoms with E-state index in [2.05, 4.69) is 31.6 Å². The smallest absolute Gasteiger partial charge is 0.319 e. The van der Waals surface area contributed by atoms with Crippen molar-refractivity contribution in [3.63, 3.8) is 0 Å². The molecule has 1 aromatic heterocycles. The Bertz CT molecular complexity index is 940. The summed E-state index contributed by atoms with van der Waals surface area (Å²) >= 11 is 0. The fourth-order valence-electron chi connectivity index (χ4n) is 3.43. The number of imidazole rings is 1. The lowest BCUT2D eigenvalue weighted by molar-refractivity contribution is 0.251. The number of H-pyrrole nitrogens is 1. The molecular weight excluding hydrogens is 357 g/mol. The average Bonchev–Trinajstić information content (AvgIpc) is 3.21. The van der Waals surface area contributed by atoms with E-state index in [0.717, 1.165) is 48.6 Å². The summed E-state index contributed by atoms with van der Waals surface area (Å²) in [5.74, 6) is -0.290. The molecule has 1 aliphatic heterocycles. The molecule has 0 fully saturated rings. The molecule has 0 saturated carbocycles. The molecule has 0 spiro atoms. The van der Waals surface area contributed by atoms with Crippen molar-refractivity contribution >= 4 is 17.4 Å². The number of aromatic nitrogens is 2. The van der Waals surface area contributed by atoms with Crippen LogP contribution in [0.4, 0.5) is 20.6 Å². The molecular formula is C21H22FN5O. The third kappa shape index (κ3) is 4.31. The number of anilines is 2. The maximum Gasteiger partial charge on any atom is 0.319 e. The highest BCUT2D eigenvalue weighted by Crippen LogP contribution is 2.31. The van der Waals surface area contributed by atoms with Gasteiger partial charge in [0.2, 0.25) is 0 Å². The fraction of sp³-hybridized carbons (Fsp3) is 0.238. The minimum atomic E-state index is -0.291. The second-order valence-electron chi connectivity index (χ2n) is 6.88. The monoisotopic (exact) mass is 379 g/mol. The van der Waals surface area contributed by atoms with Crippen molar-refractivity contribution in [3.05, 3.63) is 77.6 Å². The summed E-state index contributed by atoms with van der Waals surface area (Å²) in [5.41, 5.74) is 5.06. The molecule has 0 saturated heterocycles. The normalized spacial score (nSPS) is 13.1. The van der Waals surface area contributed by atoms with E-state index >= 15 is 0 Å². The van der Waals surface area contributed by atoms with Gasteiger partial charge < -0.3 is 20.5 Å². The number of carbonyl (C=O) groups is 1. The zero-order valence-electron chi connectivity index (χ0n) is 15.4. The second kappa shape index (κ2) is 8.12. The Hall–Kier alpha value is -3.35. The lowest BCUT2D eigenvalue weighted by Gasteiger charge is -2.31. The predicted octanol–water partition coefficient (Wildman–Crippen LogP) is 3.82. The predicted molar refractivity (Wildman–Crippen MR) is 107 cm³/mol. The number of benzene rings is 2. The van der Waals surface area contributed by atoms with Crippen LogP contribution in [0.2, 0.25) is 0 Å². The largest absolute Gasteiger partial charge is 0.365 e. The number of aryl methyl sites for hydroxylation is 1. The summed E-state index contributed by atoms with van der Waals surface area (Å²) in [6.07, 6.45) is 5.65. The van der Waals surface area contributed by atoms with E-state index in [9.17, 15) is 9.18 Å². The number of hydrogen-bond acceptors (Lipinski definition) is 3. The minimum Gasteiger partial charge on any atom is -0.365 e. The maximum atomic E-state index is 13.0. The molecule has 0 radical (unpaired) electrons. The van der Waals surface area contributed by atoms with Gasteiger partial charge in [0.15, 0.2) is 0 Å². The Balaban J connectivity index is 1.41. The first kappa shape index (κ1) is 18.0. The quantitative estimate of drug-likeness (QED) is 0.631. The van der Waals surface area contributed by atoms with Crippen LogP contribution in [0.3, 0.4) is 0 Å². The summed E-state index contributed by atoms with van der Waals surface area (Å²) in [6.45, 7) is 2.06. The molecule has 2 heterocycles.